The van der Waals surface area contributed by atoms with Gasteiger partial charge >= 0.3 is 5.97 Å². The van der Waals surface area contributed by atoms with Crippen molar-refractivity contribution in [3.8, 4) is 22.4 Å². The number of nitrogens with zero attached hydrogens (tertiary/aromatic N) is 1. The number of hydrogen-bond acceptors (Lipinski definition) is 2. The molecule has 1 aromatic heterocycles. The topological polar surface area (TPSA) is 50.2 Å². The quantitative estimate of drug-likeness (QED) is 0.385. The van der Waals surface area contributed by atoms with Crippen LogP contribution in [0.5, 0.6) is 0 Å². The fraction of sp³-hybridized carbons (Fsp3) is 0. The van der Waals surface area contributed by atoms with E-state index in [4.69, 9.17) is 69.6 Å². The van der Waals surface area contributed by atoms with Crippen molar-refractivity contribution in [3.63, 3.8) is 0 Å². The molecule has 138 valence electrons. The first kappa shape index (κ1) is 20.5. The van der Waals surface area contributed by atoms with Gasteiger partial charge in [-0.15, -0.1) is 0 Å². The summed E-state index contributed by atoms with van der Waals surface area (Å²) in [5, 5.41) is 10.6. The number of pyridine rings is 1. The molecule has 0 amide bonds. The van der Waals surface area contributed by atoms with Crippen molar-refractivity contribution in [2.75, 3.05) is 0 Å². The van der Waals surface area contributed by atoms with Gasteiger partial charge < -0.3 is 5.11 Å². The average Bonchev–Trinajstić information content (AvgIpc) is 2.64. The van der Waals surface area contributed by atoms with E-state index in [9.17, 15) is 9.90 Å². The van der Waals surface area contributed by atoms with Crippen LogP contribution in [0.15, 0.2) is 36.5 Å². The number of carboxylic acid groups (broad SMARTS) is 1. The molecule has 27 heavy (non-hydrogen) atoms. The predicted octanol–water partition coefficient (Wildman–Crippen LogP) is 8.03. The standard InChI is InChI=1S/C18H7Cl6NO2/c19-10-3-1-7(13(21)15(10)23)12-8(18(26)27)5-6-25-17(12)9-2-4-11(20)16(24)14(9)22/h1-6H,(H,26,27). The van der Waals surface area contributed by atoms with E-state index in [1.54, 1.807) is 18.2 Å². The van der Waals surface area contributed by atoms with Crippen LogP contribution in [0, 0.1) is 0 Å². The van der Waals surface area contributed by atoms with Crippen LogP contribution in [0.1, 0.15) is 10.4 Å². The van der Waals surface area contributed by atoms with Gasteiger partial charge in [0.25, 0.3) is 0 Å². The maximum absolute atomic E-state index is 11.8. The van der Waals surface area contributed by atoms with Gasteiger partial charge in [0.1, 0.15) is 0 Å². The zero-order valence-electron chi connectivity index (χ0n) is 13.0. The molecule has 0 fully saturated rings. The van der Waals surface area contributed by atoms with E-state index in [0.717, 1.165) is 0 Å². The second-order valence-electron chi connectivity index (χ2n) is 5.33. The Kier molecular flexibility index (Phi) is 6.11. The lowest BCUT2D eigenvalue weighted by Crippen LogP contribution is -2.03. The molecule has 1 heterocycles. The SMILES string of the molecule is O=C(O)c1ccnc(-c2ccc(Cl)c(Cl)c2Cl)c1-c1ccc(Cl)c(Cl)c1Cl. The molecule has 0 bridgehead atoms. The number of carbonyl (C=O) groups is 1. The van der Waals surface area contributed by atoms with Crippen molar-refractivity contribution < 1.29 is 9.90 Å². The molecular formula is C18H7Cl6NO2. The molecule has 0 aliphatic heterocycles. The molecule has 2 aromatic carbocycles. The first-order chi connectivity index (χ1) is 12.7. The van der Waals surface area contributed by atoms with Crippen LogP contribution in [0.25, 0.3) is 22.4 Å². The van der Waals surface area contributed by atoms with Gasteiger partial charge in [-0.05, 0) is 24.3 Å². The van der Waals surface area contributed by atoms with Crippen LogP contribution in [-0.2, 0) is 0 Å². The lowest BCUT2D eigenvalue weighted by atomic mass is 9.94. The van der Waals surface area contributed by atoms with Crippen LogP contribution in [0.3, 0.4) is 0 Å². The number of rotatable bonds is 3. The third-order valence-electron chi connectivity index (χ3n) is 3.78. The zero-order chi connectivity index (χ0) is 19.9. The van der Waals surface area contributed by atoms with E-state index in [1.807, 2.05) is 0 Å². The molecule has 0 atom stereocenters. The summed E-state index contributed by atoms with van der Waals surface area (Å²) in [7, 11) is 0. The first-order valence-electron chi connectivity index (χ1n) is 7.24. The van der Waals surface area contributed by atoms with Gasteiger partial charge in [0, 0.05) is 22.9 Å². The van der Waals surface area contributed by atoms with Gasteiger partial charge in [0.2, 0.25) is 0 Å². The van der Waals surface area contributed by atoms with Crippen molar-refractivity contribution in [1.82, 2.24) is 4.98 Å². The van der Waals surface area contributed by atoms with E-state index in [1.165, 1.54) is 18.3 Å². The van der Waals surface area contributed by atoms with Crippen LogP contribution >= 0.6 is 69.6 Å². The van der Waals surface area contributed by atoms with Crippen molar-refractivity contribution in [3.05, 3.63) is 72.2 Å². The van der Waals surface area contributed by atoms with E-state index in [-0.39, 0.29) is 47.0 Å². The van der Waals surface area contributed by atoms with Crippen LogP contribution < -0.4 is 0 Å². The monoisotopic (exact) mass is 479 g/mol. The molecule has 0 spiro atoms. The minimum atomic E-state index is -1.17. The van der Waals surface area contributed by atoms with Crippen LogP contribution in [0.4, 0.5) is 0 Å². The molecule has 0 aliphatic rings. The number of benzene rings is 2. The van der Waals surface area contributed by atoms with Gasteiger partial charge in [0.05, 0.1) is 41.4 Å². The molecule has 3 aromatic rings. The highest BCUT2D eigenvalue weighted by Crippen LogP contribution is 2.45. The Morgan fingerprint density at radius 3 is 1.81 bits per heavy atom. The third kappa shape index (κ3) is 3.73. The predicted molar refractivity (Wildman–Crippen MR) is 112 cm³/mol. The fourth-order valence-electron chi connectivity index (χ4n) is 2.54. The van der Waals surface area contributed by atoms with E-state index < -0.39 is 5.97 Å². The Morgan fingerprint density at radius 1 is 0.741 bits per heavy atom. The summed E-state index contributed by atoms with van der Waals surface area (Å²) in [5.41, 5.74) is 1.19. The lowest BCUT2D eigenvalue weighted by molar-refractivity contribution is 0.0697. The summed E-state index contributed by atoms with van der Waals surface area (Å²) in [5.74, 6) is -1.17. The average molecular weight is 482 g/mol. The number of aromatic carboxylic acids is 1. The third-order valence-corrected chi connectivity index (χ3v) is 6.36. The highest BCUT2D eigenvalue weighted by molar-refractivity contribution is 6.50. The second-order valence-corrected chi connectivity index (χ2v) is 7.66. The highest BCUT2D eigenvalue weighted by atomic mass is 35.5. The molecule has 0 saturated heterocycles. The van der Waals surface area contributed by atoms with Gasteiger partial charge in [0.15, 0.2) is 0 Å². The Bertz CT molecular complexity index is 1080. The van der Waals surface area contributed by atoms with E-state index in [0.29, 0.717) is 11.1 Å². The molecular weight excluding hydrogens is 475 g/mol. The molecule has 0 unspecified atom stereocenters. The van der Waals surface area contributed by atoms with Gasteiger partial charge in [-0.1, -0.05) is 75.7 Å². The summed E-state index contributed by atoms with van der Waals surface area (Å²) in [6.07, 6.45) is 1.35. The maximum atomic E-state index is 11.8. The van der Waals surface area contributed by atoms with Crippen molar-refractivity contribution in [2.24, 2.45) is 0 Å². The normalized spacial score (nSPS) is 10.9. The minimum absolute atomic E-state index is 0.0394. The Balaban J connectivity index is 2.43. The molecule has 9 heteroatoms. The Labute approximate surface area is 184 Å². The largest absolute Gasteiger partial charge is 0.478 e. The molecule has 0 radical (unpaired) electrons. The van der Waals surface area contributed by atoms with Gasteiger partial charge in [-0.2, -0.15) is 0 Å². The first-order valence-corrected chi connectivity index (χ1v) is 9.50. The van der Waals surface area contributed by atoms with Gasteiger partial charge in [-0.25, -0.2) is 4.79 Å². The molecule has 0 aliphatic carbocycles. The maximum Gasteiger partial charge on any atom is 0.336 e. The Morgan fingerprint density at radius 2 is 1.26 bits per heavy atom. The highest BCUT2D eigenvalue weighted by Gasteiger charge is 2.24. The van der Waals surface area contributed by atoms with Crippen molar-refractivity contribution in [2.45, 2.75) is 0 Å². The number of carboxylic acids is 1. The number of aromatic nitrogens is 1. The lowest BCUT2D eigenvalue weighted by Gasteiger charge is -2.16. The summed E-state index contributed by atoms with van der Waals surface area (Å²) in [6, 6.07) is 7.57. The second kappa shape index (κ2) is 8.04. The summed E-state index contributed by atoms with van der Waals surface area (Å²) < 4.78 is 0. The van der Waals surface area contributed by atoms with E-state index >= 15 is 0 Å². The number of halogens is 6. The fourth-order valence-corrected chi connectivity index (χ4v) is 3.80. The number of hydrogen-bond donors (Lipinski definition) is 1. The van der Waals surface area contributed by atoms with Gasteiger partial charge in [-0.3, -0.25) is 4.98 Å². The molecule has 3 rings (SSSR count). The molecule has 0 saturated carbocycles. The summed E-state index contributed by atoms with van der Waals surface area (Å²) in [6.45, 7) is 0. The van der Waals surface area contributed by atoms with Crippen LogP contribution in [-0.4, -0.2) is 16.1 Å². The smallest absolute Gasteiger partial charge is 0.336 e. The summed E-state index contributed by atoms with van der Waals surface area (Å²) >= 11 is 37.0. The summed E-state index contributed by atoms with van der Waals surface area (Å²) in [4.78, 5) is 16.1. The zero-order valence-corrected chi connectivity index (χ0v) is 17.6. The Hall–Kier alpha value is -1.20. The minimum Gasteiger partial charge on any atom is -0.478 e. The van der Waals surface area contributed by atoms with Crippen molar-refractivity contribution >= 4 is 75.6 Å². The van der Waals surface area contributed by atoms with Crippen molar-refractivity contribution in [1.29, 1.82) is 0 Å². The molecule has 1 N–H and O–H groups in total. The van der Waals surface area contributed by atoms with Crippen LogP contribution in [0.2, 0.25) is 30.1 Å². The van der Waals surface area contributed by atoms with E-state index in [2.05, 4.69) is 4.98 Å². The molecule has 3 nitrogen and oxygen atoms in total.